The lowest BCUT2D eigenvalue weighted by Crippen LogP contribution is -1.96. The summed E-state index contributed by atoms with van der Waals surface area (Å²) in [6.07, 6.45) is 0. The average Bonchev–Trinajstić information content (AvgIpc) is 1.82. The Bertz CT molecular complexity index is 272. The Balaban J connectivity index is 3.28. The minimum absolute atomic E-state index is 0.0535. The first kappa shape index (κ1) is 9.46. The summed E-state index contributed by atoms with van der Waals surface area (Å²) < 4.78 is 26.1. The Labute approximate surface area is 75.2 Å². The van der Waals surface area contributed by atoms with Crippen LogP contribution in [0.5, 0.6) is 0 Å². The maximum atomic E-state index is 13.0. The monoisotopic (exact) mass is 190 g/mol. The lowest BCUT2D eigenvalue weighted by Gasteiger charge is -2.07. The third-order valence-electron chi connectivity index (χ3n) is 1.62. The number of rotatable bonds is 1. The highest BCUT2D eigenvalue weighted by Crippen LogP contribution is 2.26. The van der Waals surface area contributed by atoms with Gasteiger partial charge >= 0.3 is 0 Å². The topological polar surface area (TPSA) is 0 Å². The highest BCUT2D eigenvalue weighted by Gasteiger charge is 2.14. The van der Waals surface area contributed by atoms with Gasteiger partial charge in [0.05, 0.1) is 5.38 Å². The molecule has 1 rings (SSSR count). The van der Waals surface area contributed by atoms with Crippen molar-refractivity contribution in [3.05, 3.63) is 34.9 Å². The summed E-state index contributed by atoms with van der Waals surface area (Å²) in [6, 6.07) is 2.55. The zero-order chi connectivity index (χ0) is 9.30. The van der Waals surface area contributed by atoms with Gasteiger partial charge in [0.15, 0.2) is 0 Å². The molecule has 0 nitrogen and oxygen atoms in total. The standard InChI is InChI=1S/C9H9ClF2/c1-5-3-7(11)9(6(2)10)8(12)4-5/h3-4,6H,1-2H3. The Hall–Kier alpha value is -0.630. The van der Waals surface area contributed by atoms with Crippen LogP contribution in [0.3, 0.4) is 0 Å². The average molecular weight is 191 g/mol. The van der Waals surface area contributed by atoms with E-state index in [1.54, 1.807) is 13.8 Å². The van der Waals surface area contributed by atoms with E-state index in [0.717, 1.165) is 0 Å². The van der Waals surface area contributed by atoms with Crippen LogP contribution in [0.4, 0.5) is 8.78 Å². The molecule has 1 aromatic carbocycles. The summed E-state index contributed by atoms with van der Waals surface area (Å²) in [7, 11) is 0. The number of alkyl halides is 1. The normalized spacial score (nSPS) is 13.1. The second-order valence-corrected chi connectivity index (χ2v) is 3.41. The molecule has 66 valence electrons. The number of aryl methyl sites for hydroxylation is 1. The van der Waals surface area contributed by atoms with E-state index in [9.17, 15) is 8.78 Å². The lowest BCUT2D eigenvalue weighted by molar-refractivity contribution is 0.554. The van der Waals surface area contributed by atoms with E-state index in [2.05, 4.69) is 0 Å². The molecule has 1 unspecified atom stereocenters. The molecule has 0 saturated heterocycles. The molecule has 0 bridgehead atoms. The van der Waals surface area contributed by atoms with E-state index in [1.807, 2.05) is 0 Å². The van der Waals surface area contributed by atoms with Crippen LogP contribution in [0, 0.1) is 18.6 Å². The largest absolute Gasteiger partial charge is 0.207 e. The third kappa shape index (κ3) is 1.75. The summed E-state index contributed by atoms with van der Waals surface area (Å²) in [5.41, 5.74) is 0.508. The van der Waals surface area contributed by atoms with Crippen molar-refractivity contribution in [3.8, 4) is 0 Å². The van der Waals surface area contributed by atoms with Gasteiger partial charge < -0.3 is 0 Å². The van der Waals surface area contributed by atoms with Crippen molar-refractivity contribution in [2.45, 2.75) is 19.2 Å². The number of halogens is 3. The second-order valence-electron chi connectivity index (χ2n) is 2.76. The van der Waals surface area contributed by atoms with Crippen LogP contribution in [0.1, 0.15) is 23.4 Å². The summed E-state index contributed by atoms with van der Waals surface area (Å²) in [6.45, 7) is 3.17. The molecule has 0 spiro atoms. The van der Waals surface area contributed by atoms with Crippen LogP contribution in [0.25, 0.3) is 0 Å². The van der Waals surface area contributed by atoms with Gasteiger partial charge in [0.2, 0.25) is 0 Å². The molecule has 0 amide bonds. The Morgan fingerprint density at radius 1 is 1.25 bits per heavy atom. The third-order valence-corrected chi connectivity index (χ3v) is 1.84. The van der Waals surface area contributed by atoms with Crippen LogP contribution in [-0.2, 0) is 0 Å². The van der Waals surface area contributed by atoms with E-state index >= 15 is 0 Å². The first-order valence-corrected chi connectivity index (χ1v) is 4.05. The fraction of sp³-hybridized carbons (Fsp3) is 0.333. The number of hydrogen-bond acceptors (Lipinski definition) is 0. The van der Waals surface area contributed by atoms with Crippen molar-refractivity contribution in [2.75, 3.05) is 0 Å². The number of benzene rings is 1. The molecule has 0 aliphatic heterocycles. The molecule has 0 aliphatic carbocycles. The quantitative estimate of drug-likeness (QED) is 0.594. The fourth-order valence-corrected chi connectivity index (χ4v) is 1.30. The van der Waals surface area contributed by atoms with Gasteiger partial charge in [0, 0.05) is 5.56 Å². The molecule has 0 saturated carbocycles. The maximum Gasteiger partial charge on any atom is 0.131 e. The van der Waals surface area contributed by atoms with Crippen molar-refractivity contribution in [3.63, 3.8) is 0 Å². The lowest BCUT2D eigenvalue weighted by atomic mass is 10.1. The molecule has 0 aliphatic rings. The minimum atomic E-state index is -0.634. The van der Waals surface area contributed by atoms with Gasteiger partial charge in [-0.2, -0.15) is 0 Å². The van der Waals surface area contributed by atoms with Crippen molar-refractivity contribution in [1.82, 2.24) is 0 Å². The fourth-order valence-electron chi connectivity index (χ4n) is 1.09. The zero-order valence-electron chi connectivity index (χ0n) is 6.87. The van der Waals surface area contributed by atoms with E-state index in [0.29, 0.717) is 5.56 Å². The second kappa shape index (κ2) is 3.40. The summed E-state index contributed by atoms with van der Waals surface area (Å²) in [4.78, 5) is 0. The predicted octanol–water partition coefficient (Wildman–Crippen LogP) is 3.57. The van der Waals surface area contributed by atoms with Crippen LogP contribution in [0.2, 0.25) is 0 Å². The van der Waals surface area contributed by atoms with Crippen molar-refractivity contribution < 1.29 is 8.78 Å². The molecule has 3 heteroatoms. The van der Waals surface area contributed by atoms with Crippen molar-refractivity contribution in [1.29, 1.82) is 0 Å². The predicted molar refractivity (Wildman–Crippen MR) is 45.4 cm³/mol. The van der Waals surface area contributed by atoms with Gasteiger partial charge in [-0.3, -0.25) is 0 Å². The van der Waals surface area contributed by atoms with Crippen LogP contribution in [0.15, 0.2) is 12.1 Å². The van der Waals surface area contributed by atoms with Gasteiger partial charge in [0.25, 0.3) is 0 Å². The van der Waals surface area contributed by atoms with Crippen LogP contribution in [-0.4, -0.2) is 0 Å². The summed E-state index contributed by atoms with van der Waals surface area (Å²) in [5.74, 6) is -1.15. The molecular formula is C9H9ClF2. The van der Waals surface area contributed by atoms with Gasteiger partial charge in [-0.1, -0.05) is 0 Å². The highest BCUT2D eigenvalue weighted by atomic mass is 35.5. The van der Waals surface area contributed by atoms with E-state index in [4.69, 9.17) is 11.6 Å². The first-order valence-electron chi connectivity index (χ1n) is 3.62. The van der Waals surface area contributed by atoms with Gasteiger partial charge in [-0.15, -0.1) is 11.6 Å². The van der Waals surface area contributed by atoms with Gasteiger partial charge in [-0.25, -0.2) is 8.78 Å². The maximum absolute atomic E-state index is 13.0. The molecule has 0 radical (unpaired) electrons. The molecule has 0 N–H and O–H groups in total. The Morgan fingerprint density at radius 3 is 2.00 bits per heavy atom. The molecule has 0 aromatic heterocycles. The van der Waals surface area contributed by atoms with Crippen molar-refractivity contribution >= 4 is 11.6 Å². The van der Waals surface area contributed by atoms with Crippen molar-refractivity contribution in [2.24, 2.45) is 0 Å². The van der Waals surface area contributed by atoms with Crippen LogP contribution < -0.4 is 0 Å². The minimum Gasteiger partial charge on any atom is -0.207 e. The van der Waals surface area contributed by atoms with Gasteiger partial charge in [-0.05, 0) is 31.5 Å². The zero-order valence-corrected chi connectivity index (χ0v) is 7.62. The van der Waals surface area contributed by atoms with E-state index in [-0.39, 0.29) is 5.56 Å². The molecule has 1 atom stereocenters. The van der Waals surface area contributed by atoms with Crippen LogP contribution >= 0.6 is 11.6 Å². The van der Waals surface area contributed by atoms with Gasteiger partial charge in [0.1, 0.15) is 11.6 Å². The summed E-state index contributed by atoms with van der Waals surface area (Å²) >= 11 is 5.59. The first-order chi connectivity index (χ1) is 5.52. The SMILES string of the molecule is Cc1cc(F)c(C(C)Cl)c(F)c1. The summed E-state index contributed by atoms with van der Waals surface area (Å²) in [5, 5.41) is -0.634. The molecular weight excluding hydrogens is 182 g/mol. The Morgan fingerprint density at radius 2 is 1.67 bits per heavy atom. The molecule has 0 heterocycles. The van der Waals surface area contributed by atoms with E-state index < -0.39 is 17.0 Å². The molecule has 1 aromatic rings. The smallest absolute Gasteiger partial charge is 0.131 e. The highest BCUT2D eigenvalue weighted by molar-refractivity contribution is 6.20. The van der Waals surface area contributed by atoms with E-state index in [1.165, 1.54) is 12.1 Å². The number of hydrogen-bond donors (Lipinski definition) is 0. The Kier molecular flexibility index (Phi) is 2.68. The molecule has 12 heavy (non-hydrogen) atoms. The molecule has 0 fully saturated rings.